The third-order valence-corrected chi connectivity index (χ3v) is 4.10. The van der Waals surface area contributed by atoms with Gasteiger partial charge in [0.1, 0.15) is 5.75 Å². The Morgan fingerprint density at radius 2 is 1.95 bits per heavy atom. The molecule has 1 heterocycles. The fraction of sp³-hybridized carbons (Fsp3) is 0.188. The number of hydrogen-bond acceptors (Lipinski definition) is 2. The van der Waals surface area contributed by atoms with E-state index in [-0.39, 0.29) is 5.78 Å². The van der Waals surface area contributed by atoms with E-state index < -0.39 is 0 Å². The fourth-order valence-corrected chi connectivity index (χ4v) is 2.62. The molecule has 0 saturated carbocycles. The van der Waals surface area contributed by atoms with Crippen LogP contribution in [0.25, 0.3) is 0 Å². The summed E-state index contributed by atoms with van der Waals surface area (Å²) in [5.41, 5.74) is 2.67. The minimum Gasteiger partial charge on any atom is -0.493 e. The van der Waals surface area contributed by atoms with Crippen LogP contribution >= 0.6 is 23.2 Å². The number of ether oxygens (including phenoxy) is 1. The fourth-order valence-electron chi connectivity index (χ4n) is 2.30. The molecule has 0 atom stereocenters. The van der Waals surface area contributed by atoms with E-state index in [0.29, 0.717) is 28.6 Å². The van der Waals surface area contributed by atoms with Crippen molar-refractivity contribution < 1.29 is 9.53 Å². The Balaban J connectivity index is 1.80. The second-order valence-electron chi connectivity index (χ2n) is 4.77. The van der Waals surface area contributed by atoms with Crippen LogP contribution in [0.2, 0.25) is 10.0 Å². The SMILES string of the molecule is O=C(Cc1ccc(Cl)c(Cl)c1)c1ccc2c(c1)CCO2. The van der Waals surface area contributed by atoms with Crippen molar-refractivity contribution in [2.45, 2.75) is 12.8 Å². The van der Waals surface area contributed by atoms with E-state index in [1.807, 2.05) is 24.3 Å². The number of ketones is 1. The van der Waals surface area contributed by atoms with Crippen molar-refractivity contribution in [3.05, 3.63) is 63.1 Å². The van der Waals surface area contributed by atoms with Gasteiger partial charge >= 0.3 is 0 Å². The first-order valence-electron chi connectivity index (χ1n) is 6.36. The highest BCUT2D eigenvalue weighted by molar-refractivity contribution is 6.42. The van der Waals surface area contributed by atoms with Crippen LogP contribution in [-0.2, 0) is 12.8 Å². The molecule has 2 aromatic carbocycles. The van der Waals surface area contributed by atoms with Crippen molar-refractivity contribution in [1.29, 1.82) is 0 Å². The second-order valence-corrected chi connectivity index (χ2v) is 5.58. The van der Waals surface area contributed by atoms with Gasteiger partial charge in [-0.2, -0.15) is 0 Å². The van der Waals surface area contributed by atoms with Crippen molar-refractivity contribution in [3.8, 4) is 5.75 Å². The molecule has 0 aliphatic carbocycles. The van der Waals surface area contributed by atoms with Crippen molar-refractivity contribution in [3.63, 3.8) is 0 Å². The van der Waals surface area contributed by atoms with Gasteiger partial charge in [0.25, 0.3) is 0 Å². The second kappa shape index (κ2) is 5.47. The zero-order valence-corrected chi connectivity index (χ0v) is 12.2. The first-order valence-corrected chi connectivity index (χ1v) is 7.12. The summed E-state index contributed by atoms with van der Waals surface area (Å²) in [6, 6.07) is 10.9. The van der Waals surface area contributed by atoms with Gasteiger partial charge in [-0.05, 0) is 41.5 Å². The highest BCUT2D eigenvalue weighted by Crippen LogP contribution is 2.27. The summed E-state index contributed by atoms with van der Waals surface area (Å²) in [6.07, 6.45) is 1.18. The van der Waals surface area contributed by atoms with Gasteiger partial charge in [-0.25, -0.2) is 0 Å². The molecule has 0 spiro atoms. The molecule has 1 aliphatic heterocycles. The lowest BCUT2D eigenvalue weighted by Crippen LogP contribution is -2.04. The number of fused-ring (bicyclic) bond motifs is 1. The maximum atomic E-state index is 12.3. The van der Waals surface area contributed by atoms with Crippen LogP contribution in [0.1, 0.15) is 21.5 Å². The van der Waals surface area contributed by atoms with Crippen LogP contribution in [0.3, 0.4) is 0 Å². The predicted octanol–water partition coefficient (Wildman–Crippen LogP) is 4.35. The number of halogens is 2. The summed E-state index contributed by atoms with van der Waals surface area (Å²) in [5.74, 6) is 0.953. The maximum Gasteiger partial charge on any atom is 0.167 e. The van der Waals surface area contributed by atoms with Gasteiger partial charge < -0.3 is 4.74 Å². The topological polar surface area (TPSA) is 26.3 Å². The first-order chi connectivity index (χ1) is 9.63. The molecule has 20 heavy (non-hydrogen) atoms. The molecule has 0 fully saturated rings. The third-order valence-electron chi connectivity index (χ3n) is 3.36. The van der Waals surface area contributed by atoms with Crippen LogP contribution in [0, 0.1) is 0 Å². The molecule has 1 aliphatic rings. The monoisotopic (exact) mass is 306 g/mol. The van der Waals surface area contributed by atoms with E-state index in [9.17, 15) is 4.79 Å². The van der Waals surface area contributed by atoms with Gasteiger partial charge in [-0.1, -0.05) is 29.3 Å². The van der Waals surface area contributed by atoms with E-state index in [0.717, 1.165) is 23.3 Å². The number of hydrogen-bond donors (Lipinski definition) is 0. The van der Waals surface area contributed by atoms with Gasteiger partial charge in [-0.3, -0.25) is 4.79 Å². The quantitative estimate of drug-likeness (QED) is 0.788. The van der Waals surface area contributed by atoms with Crippen molar-refractivity contribution in [2.24, 2.45) is 0 Å². The van der Waals surface area contributed by atoms with E-state index in [1.54, 1.807) is 12.1 Å². The molecule has 0 unspecified atom stereocenters. The predicted molar refractivity (Wildman–Crippen MR) is 80.1 cm³/mol. The highest BCUT2D eigenvalue weighted by Gasteiger charge is 2.15. The molecular formula is C16H12Cl2O2. The third kappa shape index (κ3) is 2.67. The number of benzene rings is 2. The maximum absolute atomic E-state index is 12.3. The number of rotatable bonds is 3. The molecular weight excluding hydrogens is 295 g/mol. The Morgan fingerprint density at radius 3 is 2.75 bits per heavy atom. The summed E-state index contributed by atoms with van der Waals surface area (Å²) >= 11 is 11.8. The molecule has 0 radical (unpaired) electrons. The Labute approximate surface area is 127 Å². The molecule has 2 nitrogen and oxygen atoms in total. The van der Waals surface area contributed by atoms with Crippen molar-refractivity contribution in [2.75, 3.05) is 6.61 Å². The highest BCUT2D eigenvalue weighted by atomic mass is 35.5. The lowest BCUT2D eigenvalue weighted by molar-refractivity contribution is 0.0993. The molecule has 102 valence electrons. The lowest BCUT2D eigenvalue weighted by Gasteiger charge is -2.05. The van der Waals surface area contributed by atoms with Gasteiger partial charge in [0.05, 0.1) is 16.7 Å². The lowest BCUT2D eigenvalue weighted by atomic mass is 10.0. The standard InChI is InChI=1S/C16H12Cl2O2/c17-13-3-1-10(7-14(13)18)8-15(19)11-2-4-16-12(9-11)5-6-20-16/h1-4,7,9H,5-6,8H2. The molecule has 3 rings (SSSR count). The average Bonchev–Trinajstić information content (AvgIpc) is 2.90. The molecule has 0 amide bonds. The number of carbonyl (C=O) groups is 1. The number of carbonyl (C=O) groups excluding carboxylic acids is 1. The van der Waals surface area contributed by atoms with Crippen LogP contribution < -0.4 is 4.74 Å². The van der Waals surface area contributed by atoms with Crippen LogP contribution in [0.4, 0.5) is 0 Å². The summed E-state index contributed by atoms with van der Waals surface area (Å²) in [5, 5.41) is 0.969. The first kappa shape index (κ1) is 13.5. The Hall–Kier alpha value is -1.51. The van der Waals surface area contributed by atoms with Crippen molar-refractivity contribution >= 4 is 29.0 Å². The minimum absolute atomic E-state index is 0.0677. The van der Waals surface area contributed by atoms with Crippen LogP contribution in [0.15, 0.2) is 36.4 Å². The van der Waals surface area contributed by atoms with E-state index in [2.05, 4.69) is 0 Å². The summed E-state index contributed by atoms with van der Waals surface area (Å²) < 4.78 is 5.44. The summed E-state index contributed by atoms with van der Waals surface area (Å²) in [7, 11) is 0. The largest absolute Gasteiger partial charge is 0.493 e. The zero-order chi connectivity index (χ0) is 14.1. The molecule has 0 aromatic heterocycles. The number of Topliss-reactive ketones (excluding diaryl/α,β-unsaturated/α-hetero) is 1. The molecule has 2 aromatic rings. The van der Waals surface area contributed by atoms with Gasteiger partial charge in [-0.15, -0.1) is 0 Å². The van der Waals surface area contributed by atoms with Crippen LogP contribution in [0.5, 0.6) is 5.75 Å². The van der Waals surface area contributed by atoms with E-state index in [1.165, 1.54) is 0 Å². The molecule has 0 saturated heterocycles. The summed E-state index contributed by atoms with van der Waals surface area (Å²) in [6.45, 7) is 0.694. The van der Waals surface area contributed by atoms with Gasteiger partial charge in [0, 0.05) is 18.4 Å². The Morgan fingerprint density at radius 1 is 1.10 bits per heavy atom. The molecule has 4 heteroatoms. The van der Waals surface area contributed by atoms with Gasteiger partial charge in [0.2, 0.25) is 0 Å². The van der Waals surface area contributed by atoms with Crippen LogP contribution in [-0.4, -0.2) is 12.4 Å². The normalized spacial score (nSPS) is 12.9. The van der Waals surface area contributed by atoms with E-state index >= 15 is 0 Å². The molecule has 0 N–H and O–H groups in total. The smallest absolute Gasteiger partial charge is 0.167 e. The summed E-state index contributed by atoms with van der Waals surface area (Å²) in [4.78, 5) is 12.3. The Bertz CT molecular complexity index is 680. The van der Waals surface area contributed by atoms with Crippen molar-refractivity contribution in [1.82, 2.24) is 0 Å². The van der Waals surface area contributed by atoms with E-state index in [4.69, 9.17) is 27.9 Å². The average molecular weight is 307 g/mol. The Kier molecular flexibility index (Phi) is 3.68. The molecule has 0 bridgehead atoms. The minimum atomic E-state index is 0.0677. The van der Waals surface area contributed by atoms with Gasteiger partial charge in [0.15, 0.2) is 5.78 Å². The zero-order valence-electron chi connectivity index (χ0n) is 10.7.